The molecule has 0 amide bonds. The van der Waals surface area contributed by atoms with Crippen molar-refractivity contribution in [3.05, 3.63) is 57.1 Å². The summed E-state index contributed by atoms with van der Waals surface area (Å²) in [5, 5.41) is 11.7. The number of cyclic esters (lactones) is 1. The Morgan fingerprint density at radius 1 is 1.32 bits per heavy atom. The molecule has 5 nitrogen and oxygen atoms in total. The van der Waals surface area contributed by atoms with Gasteiger partial charge in [-0.05, 0) is 73.8 Å². The summed E-state index contributed by atoms with van der Waals surface area (Å²) in [5.41, 5.74) is 6.69. The van der Waals surface area contributed by atoms with E-state index in [-0.39, 0.29) is 29.7 Å². The second kappa shape index (κ2) is 9.41. The van der Waals surface area contributed by atoms with Crippen molar-refractivity contribution in [1.29, 1.82) is 0 Å². The quantitative estimate of drug-likeness (QED) is 0.610. The molecule has 1 aromatic carbocycles. The summed E-state index contributed by atoms with van der Waals surface area (Å²) in [6.07, 6.45) is 4.25. The van der Waals surface area contributed by atoms with Crippen molar-refractivity contribution < 1.29 is 23.8 Å². The number of aliphatic hydroxyl groups excluding tert-OH is 1. The summed E-state index contributed by atoms with van der Waals surface area (Å²) in [6, 6.07) is 1.50. The van der Waals surface area contributed by atoms with Gasteiger partial charge in [-0.3, -0.25) is 4.79 Å². The molecule has 2 unspecified atom stereocenters. The Bertz CT molecular complexity index is 1260. The van der Waals surface area contributed by atoms with Crippen LogP contribution in [-0.2, 0) is 33.6 Å². The van der Waals surface area contributed by atoms with Crippen molar-refractivity contribution >= 4 is 28.2 Å². The number of rotatable bonds is 6. The standard InChI is InChI=1S/C28H32FNO4/c1-6-14(3)26(31)21-13-34-28(33)27(32)20(21)11-15(4)25-17(7-2)19-10-8-9-18-16(5)22(29)12-23(30-25)24(18)19/h11-12,14,27,32H,6-10,13H2,1-5H3/b15-11+. The zero-order chi connectivity index (χ0) is 24.7. The summed E-state index contributed by atoms with van der Waals surface area (Å²) in [7, 11) is 0. The highest BCUT2D eigenvalue weighted by atomic mass is 19.1. The van der Waals surface area contributed by atoms with Crippen LogP contribution in [0.3, 0.4) is 0 Å². The summed E-state index contributed by atoms with van der Waals surface area (Å²) >= 11 is 0. The maximum atomic E-state index is 14.7. The van der Waals surface area contributed by atoms with Crippen LogP contribution in [0.4, 0.5) is 4.39 Å². The summed E-state index contributed by atoms with van der Waals surface area (Å²) in [4.78, 5) is 30.0. The molecule has 0 saturated carbocycles. The Morgan fingerprint density at radius 2 is 2.03 bits per heavy atom. The SMILES string of the molecule is CCc1c(/C(C)=C/C2=C(C(=O)C(C)CC)COC(=O)C2O)nc2cc(F)c(C)c3c2c1CCC3. The van der Waals surface area contributed by atoms with E-state index in [0.717, 1.165) is 53.5 Å². The first-order valence-corrected chi connectivity index (χ1v) is 12.1. The maximum Gasteiger partial charge on any atom is 0.340 e. The number of aliphatic hydroxyl groups is 1. The molecule has 0 fully saturated rings. The minimum Gasteiger partial charge on any atom is -0.458 e. The third-order valence-corrected chi connectivity index (χ3v) is 7.35. The fourth-order valence-corrected chi connectivity index (χ4v) is 5.19. The van der Waals surface area contributed by atoms with Gasteiger partial charge in [-0.25, -0.2) is 14.2 Å². The molecular weight excluding hydrogens is 433 g/mol. The molecule has 0 saturated heterocycles. The number of pyridine rings is 1. The van der Waals surface area contributed by atoms with Crippen molar-refractivity contribution in [2.24, 2.45) is 5.92 Å². The van der Waals surface area contributed by atoms with E-state index in [0.29, 0.717) is 23.1 Å². The summed E-state index contributed by atoms with van der Waals surface area (Å²) in [5.74, 6) is -1.40. The molecule has 4 rings (SSSR count). The third-order valence-electron chi connectivity index (χ3n) is 7.35. The van der Waals surface area contributed by atoms with Gasteiger partial charge in [0, 0.05) is 28.5 Å². The van der Waals surface area contributed by atoms with Gasteiger partial charge in [-0.15, -0.1) is 0 Å². The number of carbonyl (C=O) groups is 2. The minimum absolute atomic E-state index is 0.132. The van der Waals surface area contributed by atoms with E-state index >= 15 is 0 Å². The number of hydrogen-bond acceptors (Lipinski definition) is 5. The molecule has 0 spiro atoms. The van der Waals surface area contributed by atoms with Gasteiger partial charge < -0.3 is 9.84 Å². The van der Waals surface area contributed by atoms with Gasteiger partial charge >= 0.3 is 5.97 Å². The van der Waals surface area contributed by atoms with Gasteiger partial charge in [0.05, 0.1) is 11.2 Å². The molecule has 0 bridgehead atoms. The minimum atomic E-state index is -1.53. The van der Waals surface area contributed by atoms with Crippen LogP contribution in [-0.4, -0.2) is 34.6 Å². The smallest absolute Gasteiger partial charge is 0.340 e. The largest absolute Gasteiger partial charge is 0.458 e. The lowest BCUT2D eigenvalue weighted by Crippen LogP contribution is -2.35. The Labute approximate surface area is 199 Å². The zero-order valence-electron chi connectivity index (χ0n) is 20.5. The Balaban J connectivity index is 1.94. The summed E-state index contributed by atoms with van der Waals surface area (Å²) < 4.78 is 19.8. The van der Waals surface area contributed by atoms with Crippen molar-refractivity contribution in [2.45, 2.75) is 72.8 Å². The van der Waals surface area contributed by atoms with Gasteiger partial charge in [0.25, 0.3) is 0 Å². The topological polar surface area (TPSA) is 76.5 Å². The first-order valence-electron chi connectivity index (χ1n) is 12.1. The molecule has 2 heterocycles. The van der Waals surface area contributed by atoms with Crippen LogP contribution in [0.25, 0.3) is 16.5 Å². The van der Waals surface area contributed by atoms with Crippen molar-refractivity contribution in [1.82, 2.24) is 4.98 Å². The number of carbonyl (C=O) groups excluding carboxylic acids is 2. The third kappa shape index (κ3) is 3.98. The number of Topliss-reactive ketones (excluding diaryl/α,β-unsaturated/α-hetero) is 1. The summed E-state index contributed by atoms with van der Waals surface area (Å²) in [6.45, 7) is 9.36. The number of halogens is 1. The molecule has 1 aromatic heterocycles. The van der Waals surface area contributed by atoms with Gasteiger partial charge in [-0.1, -0.05) is 26.8 Å². The number of allylic oxidation sites excluding steroid dienone is 1. The fraction of sp³-hybridized carbons (Fsp3) is 0.464. The van der Waals surface area contributed by atoms with Gasteiger partial charge in [0.15, 0.2) is 11.9 Å². The molecule has 1 N–H and O–H groups in total. The molecule has 6 heteroatoms. The van der Waals surface area contributed by atoms with Crippen LogP contribution >= 0.6 is 0 Å². The van der Waals surface area contributed by atoms with Crippen molar-refractivity contribution in [3.63, 3.8) is 0 Å². The highest BCUT2D eigenvalue weighted by Gasteiger charge is 2.33. The van der Waals surface area contributed by atoms with Crippen LogP contribution < -0.4 is 0 Å². The molecule has 2 aromatic rings. The molecule has 1 aliphatic carbocycles. The van der Waals surface area contributed by atoms with E-state index in [4.69, 9.17) is 9.72 Å². The highest BCUT2D eigenvalue weighted by molar-refractivity contribution is 6.01. The van der Waals surface area contributed by atoms with Crippen molar-refractivity contribution in [3.8, 4) is 0 Å². The number of aromatic nitrogens is 1. The number of hydrogen-bond donors (Lipinski definition) is 1. The predicted octanol–water partition coefficient (Wildman–Crippen LogP) is 4.97. The monoisotopic (exact) mass is 465 g/mol. The van der Waals surface area contributed by atoms with E-state index in [1.807, 2.05) is 27.7 Å². The Kier molecular flexibility index (Phi) is 6.72. The molecule has 2 atom stereocenters. The van der Waals surface area contributed by atoms with Gasteiger partial charge in [0.1, 0.15) is 12.4 Å². The maximum absolute atomic E-state index is 14.7. The van der Waals surface area contributed by atoms with Crippen LogP contribution in [0, 0.1) is 18.7 Å². The highest BCUT2D eigenvalue weighted by Crippen LogP contribution is 2.38. The first-order chi connectivity index (χ1) is 16.2. The van der Waals surface area contributed by atoms with E-state index in [9.17, 15) is 19.1 Å². The second-order valence-electron chi connectivity index (χ2n) is 9.43. The van der Waals surface area contributed by atoms with E-state index in [1.54, 1.807) is 6.08 Å². The van der Waals surface area contributed by atoms with E-state index < -0.39 is 12.1 Å². The lowest BCUT2D eigenvalue weighted by molar-refractivity contribution is -0.152. The number of ketones is 1. The second-order valence-corrected chi connectivity index (χ2v) is 9.43. The lowest BCUT2D eigenvalue weighted by Gasteiger charge is -2.25. The number of aryl methyl sites for hydroxylation is 2. The molecule has 0 radical (unpaired) electrons. The molecule has 2 aliphatic rings. The normalized spacial score (nSPS) is 19.4. The van der Waals surface area contributed by atoms with Gasteiger partial charge in [0.2, 0.25) is 0 Å². The average Bonchev–Trinajstić information content (AvgIpc) is 2.84. The Morgan fingerprint density at radius 3 is 2.71 bits per heavy atom. The van der Waals surface area contributed by atoms with Crippen LogP contribution in [0.1, 0.15) is 68.5 Å². The van der Waals surface area contributed by atoms with Crippen molar-refractivity contribution in [2.75, 3.05) is 6.61 Å². The van der Waals surface area contributed by atoms with E-state index in [1.165, 1.54) is 11.6 Å². The fourth-order valence-electron chi connectivity index (χ4n) is 5.19. The lowest BCUT2D eigenvalue weighted by atomic mass is 9.83. The number of nitrogens with zero attached hydrogens (tertiary/aromatic N) is 1. The van der Waals surface area contributed by atoms with Crippen LogP contribution in [0.2, 0.25) is 0 Å². The first kappa shape index (κ1) is 24.3. The Hall–Kier alpha value is -2.86. The molecule has 180 valence electrons. The molecule has 34 heavy (non-hydrogen) atoms. The number of benzene rings is 1. The predicted molar refractivity (Wildman–Crippen MR) is 130 cm³/mol. The number of ether oxygens (including phenoxy) is 1. The van der Waals surface area contributed by atoms with E-state index in [2.05, 4.69) is 6.92 Å². The average molecular weight is 466 g/mol. The zero-order valence-corrected chi connectivity index (χ0v) is 20.5. The van der Waals surface area contributed by atoms with Crippen LogP contribution in [0.5, 0.6) is 0 Å². The molecule has 1 aliphatic heterocycles. The van der Waals surface area contributed by atoms with Crippen LogP contribution in [0.15, 0.2) is 23.3 Å². The van der Waals surface area contributed by atoms with Gasteiger partial charge in [-0.2, -0.15) is 0 Å². The number of esters is 1. The molecular formula is C28H32FNO4.